The van der Waals surface area contributed by atoms with Crippen molar-refractivity contribution in [1.82, 2.24) is 4.98 Å². The molecule has 1 amide bonds. The Morgan fingerprint density at radius 1 is 1.14 bits per heavy atom. The third kappa shape index (κ3) is 3.92. The number of methoxy groups -OCH3 is 1. The third-order valence-electron chi connectivity index (χ3n) is 4.53. The fourth-order valence-electron chi connectivity index (χ4n) is 2.95. The fraction of sp³-hybridized carbons (Fsp3) is 0.182. The molecule has 6 heteroatoms. The molecule has 142 valence electrons. The molecule has 0 aliphatic heterocycles. The van der Waals surface area contributed by atoms with Gasteiger partial charge in [-0.2, -0.15) is 0 Å². The minimum absolute atomic E-state index is 0.0838. The normalized spacial score (nSPS) is 10.9. The summed E-state index contributed by atoms with van der Waals surface area (Å²) in [5.74, 6) is 1.32. The number of ether oxygens (including phenoxy) is 1. The van der Waals surface area contributed by atoms with E-state index < -0.39 is 0 Å². The number of rotatable bonds is 6. The number of amides is 1. The highest BCUT2D eigenvalue weighted by Gasteiger charge is 2.13. The predicted octanol–water partition coefficient (Wildman–Crippen LogP) is 5.31. The van der Waals surface area contributed by atoms with E-state index in [0.29, 0.717) is 23.0 Å². The van der Waals surface area contributed by atoms with Gasteiger partial charge in [0.2, 0.25) is 5.91 Å². The fourth-order valence-corrected chi connectivity index (χ4v) is 3.67. The van der Waals surface area contributed by atoms with Gasteiger partial charge in [0.05, 0.1) is 13.5 Å². The van der Waals surface area contributed by atoms with Crippen LogP contribution < -0.4 is 10.1 Å². The zero-order chi connectivity index (χ0) is 19.5. The smallest absolute Gasteiger partial charge is 0.230 e. The van der Waals surface area contributed by atoms with Gasteiger partial charge in [-0.1, -0.05) is 31.2 Å². The van der Waals surface area contributed by atoms with Crippen LogP contribution in [0.15, 0.2) is 58.3 Å². The van der Waals surface area contributed by atoms with Gasteiger partial charge in [-0.25, -0.2) is 4.98 Å². The van der Waals surface area contributed by atoms with Gasteiger partial charge in [-0.15, -0.1) is 11.3 Å². The first kappa shape index (κ1) is 18.3. The van der Waals surface area contributed by atoms with Crippen molar-refractivity contribution in [3.8, 4) is 17.2 Å². The average molecular weight is 392 g/mol. The van der Waals surface area contributed by atoms with Crippen molar-refractivity contribution in [3.05, 3.63) is 65.0 Å². The van der Waals surface area contributed by atoms with Crippen molar-refractivity contribution >= 4 is 33.3 Å². The summed E-state index contributed by atoms with van der Waals surface area (Å²) in [7, 11) is 1.62. The quantitative estimate of drug-likeness (QED) is 0.483. The van der Waals surface area contributed by atoms with Gasteiger partial charge < -0.3 is 14.5 Å². The van der Waals surface area contributed by atoms with E-state index >= 15 is 0 Å². The molecule has 2 aromatic heterocycles. The minimum atomic E-state index is -0.0838. The molecule has 0 bridgehead atoms. The molecule has 0 saturated heterocycles. The Labute approximate surface area is 167 Å². The molecule has 0 radical (unpaired) electrons. The SMILES string of the molecule is CCc1ccc(CC(=O)Nc2nc(-c3cc4ccc(OC)cc4o3)cs2)cc1. The number of thiazole rings is 1. The van der Waals surface area contributed by atoms with E-state index in [1.54, 1.807) is 7.11 Å². The van der Waals surface area contributed by atoms with Crippen molar-refractivity contribution in [3.63, 3.8) is 0 Å². The highest BCUT2D eigenvalue weighted by molar-refractivity contribution is 7.14. The first-order valence-corrected chi connectivity index (χ1v) is 9.93. The topological polar surface area (TPSA) is 64.4 Å². The Bertz CT molecular complexity index is 1110. The van der Waals surface area contributed by atoms with Gasteiger partial charge in [0.25, 0.3) is 0 Å². The number of aryl methyl sites for hydroxylation is 1. The lowest BCUT2D eigenvalue weighted by Gasteiger charge is -2.03. The molecule has 0 spiro atoms. The molecular weight excluding hydrogens is 372 g/mol. The van der Waals surface area contributed by atoms with Gasteiger partial charge in [0, 0.05) is 16.8 Å². The lowest BCUT2D eigenvalue weighted by molar-refractivity contribution is -0.115. The lowest BCUT2D eigenvalue weighted by atomic mass is 10.1. The summed E-state index contributed by atoms with van der Waals surface area (Å²) in [6, 6.07) is 15.7. The number of furan rings is 1. The van der Waals surface area contributed by atoms with Crippen molar-refractivity contribution in [1.29, 1.82) is 0 Å². The van der Waals surface area contributed by atoms with E-state index in [1.165, 1.54) is 16.9 Å². The molecule has 0 atom stereocenters. The Morgan fingerprint density at radius 2 is 1.93 bits per heavy atom. The Balaban J connectivity index is 1.45. The second-order valence-electron chi connectivity index (χ2n) is 6.45. The third-order valence-corrected chi connectivity index (χ3v) is 5.28. The van der Waals surface area contributed by atoms with Gasteiger partial charge in [-0.05, 0) is 35.7 Å². The van der Waals surface area contributed by atoms with Crippen LogP contribution in [0, 0.1) is 0 Å². The summed E-state index contributed by atoms with van der Waals surface area (Å²) < 4.78 is 11.1. The average Bonchev–Trinajstić information content (AvgIpc) is 3.34. The molecule has 2 aromatic carbocycles. The summed E-state index contributed by atoms with van der Waals surface area (Å²) in [4.78, 5) is 16.8. The number of nitrogens with zero attached hydrogens (tertiary/aromatic N) is 1. The zero-order valence-electron chi connectivity index (χ0n) is 15.7. The molecule has 0 aliphatic rings. The highest BCUT2D eigenvalue weighted by atomic mass is 32.1. The molecular formula is C22H20N2O3S. The van der Waals surface area contributed by atoms with E-state index in [0.717, 1.165) is 28.7 Å². The van der Waals surface area contributed by atoms with E-state index in [2.05, 4.69) is 29.4 Å². The number of hydrogen-bond donors (Lipinski definition) is 1. The number of benzene rings is 2. The molecule has 0 fully saturated rings. The van der Waals surface area contributed by atoms with Crippen molar-refractivity contribution in [2.45, 2.75) is 19.8 Å². The van der Waals surface area contributed by atoms with Gasteiger partial charge in [0.1, 0.15) is 17.0 Å². The molecule has 5 nitrogen and oxygen atoms in total. The number of carbonyl (C=O) groups is 1. The monoisotopic (exact) mass is 392 g/mol. The second kappa shape index (κ2) is 7.86. The maximum atomic E-state index is 12.3. The van der Waals surface area contributed by atoms with Crippen LogP contribution in [0.4, 0.5) is 5.13 Å². The standard InChI is InChI=1S/C22H20N2O3S/c1-3-14-4-6-15(7-5-14)10-21(25)24-22-23-18(13-28-22)20-11-16-8-9-17(26-2)12-19(16)27-20/h4-9,11-13H,3,10H2,1-2H3,(H,23,24,25). The van der Waals surface area contributed by atoms with Crippen molar-refractivity contribution in [2.24, 2.45) is 0 Å². The minimum Gasteiger partial charge on any atom is -0.497 e. The highest BCUT2D eigenvalue weighted by Crippen LogP contribution is 2.32. The van der Waals surface area contributed by atoms with E-state index in [4.69, 9.17) is 9.15 Å². The number of fused-ring (bicyclic) bond motifs is 1. The van der Waals surface area contributed by atoms with Crippen LogP contribution in [0.25, 0.3) is 22.4 Å². The van der Waals surface area contributed by atoms with Crippen LogP contribution in [0.2, 0.25) is 0 Å². The summed E-state index contributed by atoms with van der Waals surface area (Å²) >= 11 is 1.38. The number of nitrogens with one attached hydrogen (secondary N) is 1. The number of carbonyl (C=O) groups excluding carboxylic acids is 1. The summed E-state index contributed by atoms with van der Waals surface area (Å²) in [6.45, 7) is 2.11. The number of anilines is 1. The van der Waals surface area contributed by atoms with E-state index in [1.807, 2.05) is 41.8 Å². The van der Waals surface area contributed by atoms with Crippen LogP contribution in [0.3, 0.4) is 0 Å². The van der Waals surface area contributed by atoms with Crippen LogP contribution in [-0.4, -0.2) is 18.0 Å². The van der Waals surface area contributed by atoms with Gasteiger partial charge in [0.15, 0.2) is 10.9 Å². The largest absolute Gasteiger partial charge is 0.497 e. The molecule has 1 N–H and O–H groups in total. The zero-order valence-corrected chi connectivity index (χ0v) is 16.5. The molecule has 2 heterocycles. The Kier molecular flexibility index (Phi) is 5.12. The predicted molar refractivity (Wildman–Crippen MR) is 112 cm³/mol. The molecule has 4 aromatic rings. The van der Waals surface area contributed by atoms with Gasteiger partial charge in [-0.3, -0.25) is 4.79 Å². The van der Waals surface area contributed by atoms with E-state index in [9.17, 15) is 4.79 Å². The number of aromatic nitrogens is 1. The molecule has 0 unspecified atom stereocenters. The first-order valence-electron chi connectivity index (χ1n) is 9.05. The van der Waals surface area contributed by atoms with Gasteiger partial charge >= 0.3 is 0 Å². The first-order chi connectivity index (χ1) is 13.6. The lowest BCUT2D eigenvalue weighted by Crippen LogP contribution is -2.14. The summed E-state index contributed by atoms with van der Waals surface area (Å²) in [5.41, 5.74) is 3.68. The molecule has 0 aliphatic carbocycles. The number of hydrogen-bond acceptors (Lipinski definition) is 5. The summed E-state index contributed by atoms with van der Waals surface area (Å²) in [5, 5.41) is 6.28. The van der Waals surface area contributed by atoms with Crippen LogP contribution in [0.5, 0.6) is 5.75 Å². The summed E-state index contributed by atoms with van der Waals surface area (Å²) in [6.07, 6.45) is 1.31. The molecule has 4 rings (SSSR count). The maximum Gasteiger partial charge on any atom is 0.230 e. The Morgan fingerprint density at radius 3 is 2.68 bits per heavy atom. The van der Waals surface area contributed by atoms with Crippen LogP contribution in [-0.2, 0) is 17.6 Å². The Hall–Kier alpha value is -3.12. The van der Waals surface area contributed by atoms with Crippen molar-refractivity contribution in [2.75, 3.05) is 12.4 Å². The molecule has 28 heavy (non-hydrogen) atoms. The second-order valence-corrected chi connectivity index (χ2v) is 7.31. The van der Waals surface area contributed by atoms with Crippen molar-refractivity contribution < 1.29 is 13.9 Å². The van der Waals surface area contributed by atoms with E-state index in [-0.39, 0.29) is 5.91 Å². The van der Waals surface area contributed by atoms with Crippen LogP contribution in [0.1, 0.15) is 18.1 Å². The molecule has 0 saturated carbocycles. The van der Waals surface area contributed by atoms with Crippen LogP contribution >= 0.6 is 11.3 Å². The maximum absolute atomic E-state index is 12.3.